The van der Waals surface area contributed by atoms with Crippen LogP contribution in [-0.4, -0.2) is 34.8 Å². The monoisotopic (exact) mass is 353 g/mol. The molecule has 7 heteroatoms. The number of benzene rings is 1. The molecule has 7 nitrogen and oxygen atoms in total. The van der Waals surface area contributed by atoms with E-state index in [0.717, 1.165) is 30.9 Å². The van der Waals surface area contributed by atoms with E-state index in [9.17, 15) is 0 Å². The van der Waals surface area contributed by atoms with Crippen molar-refractivity contribution < 1.29 is 1.43 Å². The first kappa shape index (κ1) is 17.7. The van der Waals surface area contributed by atoms with Crippen molar-refractivity contribution in [3.05, 3.63) is 47.3 Å². The average molecular weight is 353 g/mol. The minimum atomic E-state index is 0. The van der Waals surface area contributed by atoms with Crippen molar-refractivity contribution in [3.8, 4) is 0 Å². The molecule has 1 aliphatic rings. The van der Waals surface area contributed by atoms with Crippen molar-refractivity contribution in [1.29, 1.82) is 10.8 Å². The lowest BCUT2D eigenvalue weighted by molar-refractivity contribution is 0.657. The number of aromatic nitrogens is 2. The first-order valence-electron chi connectivity index (χ1n) is 8.65. The Morgan fingerprint density at radius 2 is 2.15 bits per heavy atom. The van der Waals surface area contributed by atoms with Gasteiger partial charge in [0, 0.05) is 56.9 Å². The number of allylic oxidation sites excluding steroid dienone is 1. The summed E-state index contributed by atoms with van der Waals surface area (Å²) in [5, 5.41) is 20.7. The Morgan fingerprint density at radius 1 is 1.38 bits per heavy atom. The quantitative estimate of drug-likeness (QED) is 0.487. The van der Waals surface area contributed by atoms with Crippen LogP contribution in [0.5, 0.6) is 0 Å². The highest BCUT2D eigenvalue weighted by Gasteiger charge is 2.23. The van der Waals surface area contributed by atoms with E-state index in [1.54, 1.807) is 22.9 Å². The molecule has 0 amide bonds. The number of nitrogen functional groups attached to an aromatic ring is 1. The Labute approximate surface area is 154 Å². The maximum Gasteiger partial charge on any atom is 0.151 e. The lowest BCUT2D eigenvalue weighted by Crippen LogP contribution is -2.19. The molecule has 2 aromatic rings. The van der Waals surface area contributed by atoms with Crippen molar-refractivity contribution in [3.63, 3.8) is 0 Å². The maximum absolute atomic E-state index is 8.66. The Balaban J connectivity index is 0.00000261. The number of anilines is 2. The molecule has 0 aliphatic carbocycles. The smallest absolute Gasteiger partial charge is 0.151 e. The number of hydrogen-bond donors (Lipinski definition) is 4. The molecule has 0 radical (unpaired) electrons. The molecule has 6 N–H and O–H groups in total. The van der Waals surface area contributed by atoms with E-state index in [4.69, 9.17) is 22.3 Å². The number of nitrogens with one attached hydrogen (secondary N) is 2. The Morgan fingerprint density at radius 3 is 2.77 bits per heavy atom. The molecule has 0 saturated carbocycles. The van der Waals surface area contributed by atoms with Gasteiger partial charge in [0.15, 0.2) is 5.82 Å². The molecule has 1 saturated heterocycles. The number of hydrogen-bond acceptors (Lipinski definition) is 6. The molecule has 138 valence electrons. The number of nitrogens with two attached hydrogens (primary N) is 2. The van der Waals surface area contributed by atoms with E-state index in [0.29, 0.717) is 34.1 Å². The summed E-state index contributed by atoms with van der Waals surface area (Å²) in [5.74, 6) is 1.56. The van der Waals surface area contributed by atoms with Gasteiger partial charge in [0.05, 0.1) is 11.4 Å². The van der Waals surface area contributed by atoms with Crippen molar-refractivity contribution >= 4 is 29.0 Å². The van der Waals surface area contributed by atoms with Gasteiger partial charge in [0.2, 0.25) is 0 Å². The average Bonchev–Trinajstić information content (AvgIpc) is 3.22. The summed E-state index contributed by atoms with van der Waals surface area (Å²) < 4.78 is 1.73. The normalized spacial score (nSPS) is 17.5. The minimum Gasteiger partial charge on any atom is -0.404 e. The van der Waals surface area contributed by atoms with Crippen LogP contribution >= 0.6 is 0 Å². The lowest BCUT2D eigenvalue weighted by Gasteiger charge is -2.13. The Bertz CT molecular complexity index is 884. The fourth-order valence-corrected chi connectivity index (χ4v) is 3.30. The van der Waals surface area contributed by atoms with Gasteiger partial charge in [-0.15, -0.1) is 0 Å². The maximum atomic E-state index is 8.66. The summed E-state index contributed by atoms with van der Waals surface area (Å²) in [5.41, 5.74) is 15.2. The Hall–Kier alpha value is -3.09. The zero-order valence-corrected chi connectivity index (χ0v) is 15.2. The number of aryl methyl sites for hydroxylation is 1. The van der Waals surface area contributed by atoms with E-state index < -0.39 is 0 Å². The molecule has 0 unspecified atom stereocenters. The van der Waals surface area contributed by atoms with Crippen LogP contribution in [0.2, 0.25) is 0 Å². The summed E-state index contributed by atoms with van der Waals surface area (Å²) in [6, 6.07) is 7.29. The van der Waals surface area contributed by atoms with Crippen LogP contribution in [0.25, 0.3) is 5.57 Å². The van der Waals surface area contributed by atoms with E-state index in [2.05, 4.69) is 16.9 Å². The highest BCUT2D eigenvalue weighted by atomic mass is 15.3. The highest BCUT2D eigenvalue weighted by Crippen LogP contribution is 2.26. The molecule has 3 rings (SSSR count). The van der Waals surface area contributed by atoms with Gasteiger partial charge < -0.3 is 21.8 Å². The summed E-state index contributed by atoms with van der Waals surface area (Å²) in [6.45, 7) is 4.22. The van der Waals surface area contributed by atoms with Crippen LogP contribution < -0.4 is 16.4 Å². The van der Waals surface area contributed by atoms with Crippen molar-refractivity contribution in [2.45, 2.75) is 13.3 Å². The van der Waals surface area contributed by atoms with Gasteiger partial charge in [-0.2, -0.15) is 5.10 Å². The van der Waals surface area contributed by atoms with Crippen LogP contribution in [0.15, 0.2) is 30.5 Å². The molecule has 1 aromatic carbocycles. The number of rotatable bonds is 5. The van der Waals surface area contributed by atoms with Crippen LogP contribution in [0.3, 0.4) is 0 Å². The zero-order valence-electron chi connectivity index (χ0n) is 15.2. The van der Waals surface area contributed by atoms with E-state index in [1.807, 2.05) is 13.1 Å². The molecule has 1 aromatic heterocycles. The molecule has 1 aliphatic heterocycles. The van der Waals surface area contributed by atoms with Gasteiger partial charge in [-0.05, 0) is 30.0 Å². The summed E-state index contributed by atoms with van der Waals surface area (Å²) in [6.07, 6.45) is 3.73. The standard InChI is InChI=1S/C19H25N7.H2/c1-12-5-6-26(11-12)18-8-17(25(2)24-18)19(23)15-7-13(3-4-16(15)22)14(9-20)10-21;/h3-4,7-10,12,20,23H,5-6,11,21-22H2,1-2H3;1H/b14-10+,20-9?,23-19?;/t12-;/m1./s1. The van der Waals surface area contributed by atoms with Crippen molar-refractivity contribution in [2.75, 3.05) is 23.7 Å². The van der Waals surface area contributed by atoms with Crippen molar-refractivity contribution in [1.82, 2.24) is 9.78 Å². The molecule has 0 bridgehead atoms. The molecular weight excluding hydrogens is 326 g/mol. The summed E-state index contributed by atoms with van der Waals surface area (Å²) >= 11 is 0. The summed E-state index contributed by atoms with van der Waals surface area (Å²) in [7, 11) is 1.84. The first-order chi connectivity index (χ1) is 12.4. The largest absolute Gasteiger partial charge is 0.404 e. The van der Waals surface area contributed by atoms with E-state index in [1.165, 1.54) is 12.4 Å². The zero-order chi connectivity index (χ0) is 18.8. The topological polar surface area (TPSA) is 121 Å². The molecule has 1 fully saturated rings. The van der Waals surface area contributed by atoms with Gasteiger partial charge in [-0.1, -0.05) is 13.0 Å². The molecule has 1 atom stereocenters. The second-order valence-corrected chi connectivity index (χ2v) is 6.79. The molecule has 26 heavy (non-hydrogen) atoms. The molecular formula is C19H27N7. The van der Waals surface area contributed by atoms with E-state index in [-0.39, 0.29) is 1.43 Å². The van der Waals surface area contributed by atoms with Gasteiger partial charge >= 0.3 is 0 Å². The fourth-order valence-electron chi connectivity index (χ4n) is 3.30. The van der Waals surface area contributed by atoms with Crippen LogP contribution in [0, 0.1) is 16.7 Å². The predicted octanol–water partition coefficient (Wildman–Crippen LogP) is 2.46. The van der Waals surface area contributed by atoms with Gasteiger partial charge in [0.25, 0.3) is 0 Å². The van der Waals surface area contributed by atoms with Crippen LogP contribution in [0.1, 0.15) is 31.6 Å². The predicted molar refractivity (Wildman–Crippen MR) is 109 cm³/mol. The van der Waals surface area contributed by atoms with Gasteiger partial charge in [-0.25, -0.2) is 0 Å². The fraction of sp³-hybridized carbons (Fsp3) is 0.316. The number of nitrogens with zero attached hydrogens (tertiary/aromatic N) is 3. The third kappa shape index (κ3) is 3.20. The highest BCUT2D eigenvalue weighted by molar-refractivity contribution is 6.15. The van der Waals surface area contributed by atoms with Crippen LogP contribution in [0.4, 0.5) is 11.5 Å². The van der Waals surface area contributed by atoms with Gasteiger partial charge in [-0.3, -0.25) is 10.1 Å². The second-order valence-electron chi connectivity index (χ2n) is 6.79. The Kier molecular flexibility index (Phi) is 4.79. The van der Waals surface area contributed by atoms with E-state index >= 15 is 0 Å². The third-order valence-corrected chi connectivity index (χ3v) is 4.86. The van der Waals surface area contributed by atoms with Gasteiger partial charge in [0.1, 0.15) is 0 Å². The van der Waals surface area contributed by atoms with Crippen LogP contribution in [-0.2, 0) is 7.05 Å². The summed E-state index contributed by atoms with van der Waals surface area (Å²) in [4.78, 5) is 2.26. The lowest BCUT2D eigenvalue weighted by atomic mass is 9.99. The minimum absolute atomic E-state index is 0. The van der Waals surface area contributed by atoms with Crippen molar-refractivity contribution in [2.24, 2.45) is 18.7 Å². The first-order valence-corrected chi connectivity index (χ1v) is 8.65. The third-order valence-electron chi connectivity index (χ3n) is 4.86. The second kappa shape index (κ2) is 7.03. The molecule has 2 heterocycles. The SMILES string of the molecule is C[C@@H]1CCN(c2cc(C(=N)c3cc(/C(C=N)=C/N)ccc3N)n(C)n2)C1.[HH]. The molecule has 0 spiro atoms.